The Labute approximate surface area is 90.9 Å². The standard InChI is InChI=1S/C12H18N2O/c1-4-9-6-7-11(10(5-2)8-9)14-12(15)13-3/h6-8H,4-5H2,1-3H3,(H2,13,14,15). The molecule has 2 amide bonds. The number of amides is 2. The molecule has 3 heteroatoms. The van der Waals surface area contributed by atoms with Crippen molar-refractivity contribution in [3.63, 3.8) is 0 Å². The summed E-state index contributed by atoms with van der Waals surface area (Å²) in [5.74, 6) is 0. The minimum atomic E-state index is -0.172. The highest BCUT2D eigenvalue weighted by atomic mass is 16.2. The van der Waals surface area contributed by atoms with E-state index in [1.807, 2.05) is 12.1 Å². The second-order valence-electron chi connectivity index (χ2n) is 3.40. The van der Waals surface area contributed by atoms with E-state index >= 15 is 0 Å². The average Bonchev–Trinajstić information content (AvgIpc) is 2.29. The normalized spacial score (nSPS) is 9.80. The summed E-state index contributed by atoms with van der Waals surface area (Å²) in [5.41, 5.74) is 3.38. The van der Waals surface area contributed by atoms with Crippen LogP contribution < -0.4 is 10.6 Å². The average molecular weight is 206 g/mol. The van der Waals surface area contributed by atoms with Gasteiger partial charge in [-0.2, -0.15) is 0 Å². The number of hydrogen-bond donors (Lipinski definition) is 2. The third-order valence-electron chi connectivity index (χ3n) is 2.43. The fourth-order valence-electron chi connectivity index (χ4n) is 1.47. The zero-order chi connectivity index (χ0) is 11.3. The molecule has 82 valence electrons. The molecule has 0 heterocycles. The monoisotopic (exact) mass is 206 g/mol. The van der Waals surface area contributed by atoms with Crippen LogP contribution in [-0.2, 0) is 12.8 Å². The molecule has 3 nitrogen and oxygen atoms in total. The lowest BCUT2D eigenvalue weighted by Gasteiger charge is -2.10. The van der Waals surface area contributed by atoms with Gasteiger partial charge in [-0.25, -0.2) is 4.79 Å². The van der Waals surface area contributed by atoms with Gasteiger partial charge in [0, 0.05) is 12.7 Å². The Balaban J connectivity index is 2.92. The van der Waals surface area contributed by atoms with Crippen molar-refractivity contribution in [2.24, 2.45) is 0 Å². The van der Waals surface area contributed by atoms with Crippen LogP contribution >= 0.6 is 0 Å². The van der Waals surface area contributed by atoms with E-state index < -0.39 is 0 Å². The van der Waals surface area contributed by atoms with Gasteiger partial charge in [0.05, 0.1) is 0 Å². The summed E-state index contributed by atoms with van der Waals surface area (Å²) in [7, 11) is 1.61. The first-order valence-electron chi connectivity index (χ1n) is 5.31. The van der Waals surface area contributed by atoms with E-state index in [0.717, 1.165) is 18.5 Å². The molecule has 0 saturated carbocycles. The lowest BCUT2D eigenvalue weighted by molar-refractivity contribution is 0.254. The third kappa shape index (κ3) is 2.98. The summed E-state index contributed by atoms with van der Waals surface area (Å²) in [5, 5.41) is 5.36. The second-order valence-corrected chi connectivity index (χ2v) is 3.40. The van der Waals surface area contributed by atoms with Crippen molar-refractivity contribution in [1.82, 2.24) is 5.32 Å². The van der Waals surface area contributed by atoms with Crippen molar-refractivity contribution in [1.29, 1.82) is 0 Å². The van der Waals surface area contributed by atoms with Crippen molar-refractivity contribution < 1.29 is 4.79 Å². The van der Waals surface area contributed by atoms with Crippen LogP contribution in [0.1, 0.15) is 25.0 Å². The fourth-order valence-corrected chi connectivity index (χ4v) is 1.47. The number of hydrogen-bond acceptors (Lipinski definition) is 1. The highest BCUT2D eigenvalue weighted by Crippen LogP contribution is 2.18. The van der Waals surface area contributed by atoms with E-state index in [2.05, 4.69) is 30.5 Å². The van der Waals surface area contributed by atoms with Gasteiger partial charge in [-0.1, -0.05) is 26.0 Å². The Morgan fingerprint density at radius 1 is 1.27 bits per heavy atom. The molecule has 1 aromatic rings. The number of aryl methyl sites for hydroxylation is 2. The largest absolute Gasteiger partial charge is 0.341 e. The van der Waals surface area contributed by atoms with E-state index in [-0.39, 0.29) is 6.03 Å². The Bertz CT molecular complexity index is 347. The molecule has 0 aliphatic rings. The molecule has 0 spiro atoms. The molecule has 0 fully saturated rings. The maximum atomic E-state index is 11.2. The number of rotatable bonds is 3. The van der Waals surface area contributed by atoms with Crippen LogP contribution in [0.15, 0.2) is 18.2 Å². The first-order chi connectivity index (χ1) is 7.21. The van der Waals surface area contributed by atoms with Crippen molar-refractivity contribution in [2.75, 3.05) is 12.4 Å². The van der Waals surface area contributed by atoms with Gasteiger partial charge in [-0.05, 0) is 30.0 Å². The van der Waals surface area contributed by atoms with Gasteiger partial charge < -0.3 is 10.6 Å². The SMILES string of the molecule is CCc1ccc(NC(=O)NC)c(CC)c1. The van der Waals surface area contributed by atoms with E-state index in [1.54, 1.807) is 7.05 Å². The molecule has 0 aliphatic heterocycles. The smallest absolute Gasteiger partial charge is 0.318 e. The van der Waals surface area contributed by atoms with Gasteiger partial charge >= 0.3 is 6.03 Å². The molecule has 0 aliphatic carbocycles. The Kier molecular flexibility index (Phi) is 4.16. The van der Waals surface area contributed by atoms with Gasteiger partial charge in [-0.15, -0.1) is 0 Å². The van der Waals surface area contributed by atoms with Gasteiger partial charge in [0.15, 0.2) is 0 Å². The molecule has 0 bridgehead atoms. The molecule has 0 unspecified atom stereocenters. The molecule has 0 atom stereocenters. The Morgan fingerprint density at radius 3 is 2.53 bits per heavy atom. The number of urea groups is 1. The number of anilines is 1. The van der Waals surface area contributed by atoms with Crippen LogP contribution in [0.2, 0.25) is 0 Å². The van der Waals surface area contributed by atoms with E-state index in [1.165, 1.54) is 11.1 Å². The number of benzene rings is 1. The lowest BCUT2D eigenvalue weighted by atomic mass is 10.0. The van der Waals surface area contributed by atoms with Gasteiger partial charge in [0.1, 0.15) is 0 Å². The number of carbonyl (C=O) groups excluding carboxylic acids is 1. The second kappa shape index (κ2) is 5.39. The summed E-state index contributed by atoms with van der Waals surface area (Å²) in [6, 6.07) is 5.98. The highest BCUT2D eigenvalue weighted by molar-refractivity contribution is 5.89. The molecular weight excluding hydrogens is 188 g/mol. The van der Waals surface area contributed by atoms with Gasteiger partial charge in [0.25, 0.3) is 0 Å². The van der Waals surface area contributed by atoms with Gasteiger partial charge in [-0.3, -0.25) is 0 Å². The van der Waals surface area contributed by atoms with Gasteiger partial charge in [0.2, 0.25) is 0 Å². The predicted molar refractivity (Wildman–Crippen MR) is 63.3 cm³/mol. The highest BCUT2D eigenvalue weighted by Gasteiger charge is 2.04. The minimum absolute atomic E-state index is 0.172. The van der Waals surface area contributed by atoms with Crippen LogP contribution in [0, 0.1) is 0 Å². The maximum Gasteiger partial charge on any atom is 0.318 e. The lowest BCUT2D eigenvalue weighted by Crippen LogP contribution is -2.25. The van der Waals surface area contributed by atoms with E-state index in [0.29, 0.717) is 0 Å². The summed E-state index contributed by atoms with van der Waals surface area (Å²) in [6.45, 7) is 4.21. The fraction of sp³-hybridized carbons (Fsp3) is 0.417. The first kappa shape index (κ1) is 11.6. The maximum absolute atomic E-state index is 11.2. The van der Waals surface area contributed by atoms with Crippen LogP contribution in [-0.4, -0.2) is 13.1 Å². The summed E-state index contributed by atoms with van der Waals surface area (Å²) < 4.78 is 0. The predicted octanol–water partition coefficient (Wildman–Crippen LogP) is 2.56. The minimum Gasteiger partial charge on any atom is -0.341 e. The zero-order valence-electron chi connectivity index (χ0n) is 9.55. The summed E-state index contributed by atoms with van der Waals surface area (Å²) >= 11 is 0. The number of carbonyl (C=O) groups is 1. The van der Waals surface area contributed by atoms with Crippen LogP contribution in [0.4, 0.5) is 10.5 Å². The molecule has 0 saturated heterocycles. The molecule has 2 N–H and O–H groups in total. The zero-order valence-corrected chi connectivity index (χ0v) is 9.55. The molecular formula is C12H18N2O. The third-order valence-corrected chi connectivity index (χ3v) is 2.43. The van der Waals surface area contributed by atoms with Crippen LogP contribution in [0.5, 0.6) is 0 Å². The van der Waals surface area contributed by atoms with Crippen LogP contribution in [0.25, 0.3) is 0 Å². The first-order valence-corrected chi connectivity index (χ1v) is 5.31. The van der Waals surface area contributed by atoms with E-state index in [4.69, 9.17) is 0 Å². The molecule has 1 aromatic carbocycles. The molecule has 0 radical (unpaired) electrons. The van der Waals surface area contributed by atoms with Crippen molar-refractivity contribution in [3.05, 3.63) is 29.3 Å². The summed E-state index contributed by atoms with van der Waals surface area (Å²) in [4.78, 5) is 11.2. The summed E-state index contributed by atoms with van der Waals surface area (Å²) in [6.07, 6.45) is 1.94. The Morgan fingerprint density at radius 2 is 2.00 bits per heavy atom. The molecule has 15 heavy (non-hydrogen) atoms. The molecule has 0 aromatic heterocycles. The topological polar surface area (TPSA) is 41.1 Å². The Hall–Kier alpha value is -1.51. The van der Waals surface area contributed by atoms with Crippen molar-refractivity contribution >= 4 is 11.7 Å². The molecule has 1 rings (SSSR count). The van der Waals surface area contributed by atoms with Crippen molar-refractivity contribution in [3.8, 4) is 0 Å². The van der Waals surface area contributed by atoms with Crippen LogP contribution in [0.3, 0.4) is 0 Å². The number of nitrogens with one attached hydrogen (secondary N) is 2. The quantitative estimate of drug-likeness (QED) is 0.784. The van der Waals surface area contributed by atoms with Crippen molar-refractivity contribution in [2.45, 2.75) is 26.7 Å². The van der Waals surface area contributed by atoms with E-state index in [9.17, 15) is 4.79 Å².